The van der Waals surface area contributed by atoms with E-state index < -0.39 is 15.6 Å². The Morgan fingerprint density at radius 1 is 0.886 bits per heavy atom. The lowest BCUT2D eigenvalue weighted by molar-refractivity contribution is 0.313. The molecule has 228 valence electrons. The summed E-state index contributed by atoms with van der Waals surface area (Å²) in [6.45, 7) is 11.4. The van der Waals surface area contributed by atoms with Gasteiger partial charge in [-0.05, 0) is 100 Å². The van der Waals surface area contributed by atoms with E-state index in [2.05, 4.69) is 55.4 Å². The van der Waals surface area contributed by atoms with Gasteiger partial charge in [-0.2, -0.15) is 10.2 Å². The summed E-state index contributed by atoms with van der Waals surface area (Å²) in [6.07, 6.45) is 1.72. The number of nitrogens with one attached hydrogen (secondary N) is 3. The van der Waals surface area contributed by atoms with E-state index in [1.54, 1.807) is 57.3 Å². The van der Waals surface area contributed by atoms with Crippen molar-refractivity contribution in [1.29, 1.82) is 5.26 Å². The van der Waals surface area contributed by atoms with Crippen molar-refractivity contribution in [1.82, 2.24) is 19.6 Å². The molecule has 4 aromatic rings. The molecular weight excluding hydrogens is 572 g/mol. The van der Waals surface area contributed by atoms with Crippen LogP contribution in [0.3, 0.4) is 0 Å². The van der Waals surface area contributed by atoms with E-state index in [0.717, 1.165) is 43.0 Å². The first-order valence-corrected chi connectivity index (χ1v) is 16.0. The van der Waals surface area contributed by atoms with Crippen LogP contribution in [-0.4, -0.2) is 62.1 Å². The molecule has 0 spiro atoms. The maximum atomic E-state index is 13.4. The fourth-order valence-electron chi connectivity index (χ4n) is 4.94. The number of aromatic nitrogens is 2. The Labute approximate surface area is 259 Å². The van der Waals surface area contributed by atoms with Gasteiger partial charge in [0.2, 0.25) is 16.0 Å². The van der Waals surface area contributed by atoms with Crippen molar-refractivity contribution in [3.05, 3.63) is 84.1 Å². The Hall–Kier alpha value is -4.50. The molecule has 3 aromatic carbocycles. The van der Waals surface area contributed by atoms with Gasteiger partial charge in [0, 0.05) is 60.5 Å². The molecule has 0 aliphatic carbocycles. The van der Waals surface area contributed by atoms with Crippen molar-refractivity contribution in [3.63, 3.8) is 0 Å². The van der Waals surface area contributed by atoms with Gasteiger partial charge in [0.1, 0.15) is 5.82 Å². The summed E-state index contributed by atoms with van der Waals surface area (Å²) in [7, 11) is -1.71. The summed E-state index contributed by atoms with van der Waals surface area (Å²) in [5, 5.41) is 16.0. The average molecular weight is 611 g/mol. The number of hydrogen-bond acceptors (Lipinski definition) is 9. The van der Waals surface area contributed by atoms with Gasteiger partial charge in [0.15, 0.2) is 0 Å². The van der Waals surface area contributed by atoms with Crippen LogP contribution in [0, 0.1) is 18.3 Å². The van der Waals surface area contributed by atoms with Crippen LogP contribution in [-0.2, 0) is 10.0 Å². The largest absolute Gasteiger partial charge is 0.369 e. The molecular formula is C33H38N8O2S. The van der Waals surface area contributed by atoms with E-state index in [1.807, 2.05) is 31.2 Å². The molecule has 1 aliphatic heterocycles. The van der Waals surface area contributed by atoms with Gasteiger partial charge in [-0.1, -0.05) is 12.1 Å². The molecule has 11 heteroatoms. The van der Waals surface area contributed by atoms with E-state index in [-0.39, 0.29) is 4.90 Å². The van der Waals surface area contributed by atoms with E-state index in [1.165, 1.54) is 5.69 Å². The van der Waals surface area contributed by atoms with Gasteiger partial charge >= 0.3 is 0 Å². The molecule has 1 fully saturated rings. The summed E-state index contributed by atoms with van der Waals surface area (Å²) in [6, 6.07) is 22.5. The molecule has 0 atom stereocenters. The number of rotatable bonds is 8. The van der Waals surface area contributed by atoms with Crippen molar-refractivity contribution in [2.45, 2.75) is 38.1 Å². The first-order valence-electron chi connectivity index (χ1n) is 14.5. The number of nitriles is 1. The molecule has 0 radical (unpaired) electrons. The monoisotopic (exact) mass is 610 g/mol. The molecule has 10 nitrogen and oxygen atoms in total. The molecule has 1 aliphatic rings. The lowest BCUT2D eigenvalue weighted by Crippen LogP contribution is -2.44. The second-order valence-corrected chi connectivity index (χ2v) is 13.8. The molecule has 0 bridgehead atoms. The first kappa shape index (κ1) is 30.9. The molecule has 5 rings (SSSR count). The third-order valence-electron chi connectivity index (χ3n) is 7.21. The summed E-state index contributed by atoms with van der Waals surface area (Å²) >= 11 is 0. The average Bonchev–Trinajstić information content (AvgIpc) is 2.98. The van der Waals surface area contributed by atoms with Crippen LogP contribution in [0.25, 0.3) is 11.1 Å². The van der Waals surface area contributed by atoms with Gasteiger partial charge in [0.05, 0.1) is 16.5 Å². The third kappa shape index (κ3) is 7.71. The standard InChI is InChI=1S/C33H38N8O2S/c1-23-22-35-32(37-27-9-11-29(12-10-27)41-15-13-40(5)14-16-41)38-31(23)36-28-18-26(25-8-6-7-24(17-25)21-34)19-30(20-28)44(42,43)39-33(2,3)4/h6-12,17-20,22,39H,13-16H2,1-5H3,(H2,35,36,37,38). The highest BCUT2D eigenvalue weighted by Crippen LogP contribution is 2.31. The zero-order valence-electron chi connectivity index (χ0n) is 25.7. The fourth-order valence-corrected chi connectivity index (χ4v) is 6.43. The van der Waals surface area contributed by atoms with Crippen molar-refractivity contribution < 1.29 is 8.42 Å². The van der Waals surface area contributed by atoms with E-state index in [0.29, 0.717) is 28.6 Å². The summed E-state index contributed by atoms with van der Waals surface area (Å²) in [5.74, 6) is 0.942. The summed E-state index contributed by atoms with van der Waals surface area (Å²) in [5.41, 5.74) is 4.54. The maximum Gasteiger partial charge on any atom is 0.241 e. The van der Waals surface area contributed by atoms with Crippen molar-refractivity contribution >= 4 is 38.9 Å². The van der Waals surface area contributed by atoms with Crippen LogP contribution >= 0.6 is 0 Å². The molecule has 2 heterocycles. The van der Waals surface area contributed by atoms with Crippen LogP contribution in [0.15, 0.2) is 77.8 Å². The molecule has 0 saturated carbocycles. The molecule has 0 amide bonds. The summed E-state index contributed by atoms with van der Waals surface area (Å²) < 4.78 is 29.5. The van der Waals surface area contributed by atoms with Gasteiger partial charge in [-0.15, -0.1) is 0 Å². The van der Waals surface area contributed by atoms with Gasteiger partial charge in [-0.25, -0.2) is 18.1 Å². The fraction of sp³-hybridized carbons (Fsp3) is 0.303. The van der Waals surface area contributed by atoms with Crippen molar-refractivity contribution in [2.75, 3.05) is 48.8 Å². The lowest BCUT2D eigenvalue weighted by Gasteiger charge is -2.34. The Bertz CT molecular complexity index is 1790. The topological polar surface area (TPSA) is 126 Å². The minimum Gasteiger partial charge on any atom is -0.369 e. The zero-order valence-corrected chi connectivity index (χ0v) is 26.5. The quantitative estimate of drug-likeness (QED) is 0.232. The summed E-state index contributed by atoms with van der Waals surface area (Å²) in [4.78, 5) is 14.0. The van der Waals surface area contributed by atoms with Gasteiger partial charge in [-0.3, -0.25) is 0 Å². The number of anilines is 5. The van der Waals surface area contributed by atoms with Crippen LogP contribution in [0.5, 0.6) is 0 Å². The van der Waals surface area contributed by atoms with E-state index in [4.69, 9.17) is 4.98 Å². The van der Waals surface area contributed by atoms with E-state index >= 15 is 0 Å². The number of piperazine rings is 1. The number of hydrogen-bond donors (Lipinski definition) is 3. The smallest absolute Gasteiger partial charge is 0.241 e. The SMILES string of the molecule is Cc1cnc(Nc2ccc(N3CCN(C)CC3)cc2)nc1Nc1cc(-c2cccc(C#N)c2)cc(S(=O)(=O)NC(C)(C)C)c1. The lowest BCUT2D eigenvalue weighted by atomic mass is 10.0. The Morgan fingerprint density at radius 2 is 1.61 bits per heavy atom. The number of sulfonamides is 1. The second-order valence-electron chi connectivity index (χ2n) is 12.1. The molecule has 1 saturated heterocycles. The van der Waals surface area contributed by atoms with Crippen LogP contribution < -0.4 is 20.3 Å². The predicted molar refractivity (Wildman–Crippen MR) is 176 cm³/mol. The maximum absolute atomic E-state index is 13.4. The highest BCUT2D eigenvalue weighted by Gasteiger charge is 2.23. The second kappa shape index (κ2) is 12.6. The number of aryl methyl sites for hydroxylation is 1. The predicted octanol–water partition coefficient (Wildman–Crippen LogP) is 5.64. The number of benzene rings is 3. The van der Waals surface area contributed by atoms with Crippen LogP contribution in [0.1, 0.15) is 31.9 Å². The van der Waals surface area contributed by atoms with Gasteiger partial charge < -0.3 is 20.4 Å². The molecule has 44 heavy (non-hydrogen) atoms. The first-order chi connectivity index (χ1) is 20.9. The Morgan fingerprint density at radius 3 is 2.30 bits per heavy atom. The minimum absolute atomic E-state index is 0.0975. The highest BCUT2D eigenvalue weighted by molar-refractivity contribution is 7.89. The molecule has 3 N–H and O–H groups in total. The Balaban J connectivity index is 1.43. The Kier molecular flexibility index (Phi) is 8.87. The van der Waals surface area contributed by atoms with Crippen LogP contribution in [0.2, 0.25) is 0 Å². The molecule has 0 unspecified atom stereocenters. The van der Waals surface area contributed by atoms with Gasteiger partial charge in [0.25, 0.3) is 0 Å². The van der Waals surface area contributed by atoms with Crippen molar-refractivity contribution in [2.24, 2.45) is 0 Å². The highest BCUT2D eigenvalue weighted by atomic mass is 32.2. The third-order valence-corrected chi connectivity index (χ3v) is 8.95. The normalized spacial score (nSPS) is 14.2. The minimum atomic E-state index is -3.86. The number of nitrogens with zero attached hydrogens (tertiary/aromatic N) is 5. The number of likely N-dealkylation sites (N-methyl/N-ethyl adjacent to an activating group) is 1. The van der Waals surface area contributed by atoms with E-state index in [9.17, 15) is 13.7 Å². The van der Waals surface area contributed by atoms with Crippen LogP contribution in [0.4, 0.5) is 28.8 Å². The molecule has 1 aromatic heterocycles. The van der Waals surface area contributed by atoms with Crippen molar-refractivity contribution in [3.8, 4) is 17.2 Å². The zero-order chi connectivity index (χ0) is 31.5.